The summed E-state index contributed by atoms with van der Waals surface area (Å²) in [7, 11) is 0. The first-order valence-corrected chi connectivity index (χ1v) is 4.89. The molecular formula is C9H19N3O. The molecule has 1 aliphatic rings. The molecule has 1 aliphatic heterocycles. The molecule has 4 heteroatoms. The van der Waals surface area contributed by atoms with Crippen molar-refractivity contribution in [2.24, 2.45) is 5.73 Å². The van der Waals surface area contributed by atoms with Gasteiger partial charge in [0.2, 0.25) is 6.41 Å². The van der Waals surface area contributed by atoms with Crippen LogP contribution in [0.15, 0.2) is 0 Å². The van der Waals surface area contributed by atoms with Gasteiger partial charge in [-0.1, -0.05) is 0 Å². The zero-order valence-corrected chi connectivity index (χ0v) is 8.28. The molecule has 0 aliphatic carbocycles. The van der Waals surface area contributed by atoms with Crippen molar-refractivity contribution in [2.75, 3.05) is 32.7 Å². The molecular weight excluding hydrogens is 166 g/mol. The summed E-state index contributed by atoms with van der Waals surface area (Å²) in [5, 5.41) is 0. The Kier molecular flexibility index (Phi) is 4.18. The summed E-state index contributed by atoms with van der Waals surface area (Å²) in [5.41, 5.74) is 5.67. The van der Waals surface area contributed by atoms with E-state index in [1.807, 2.05) is 11.8 Å². The van der Waals surface area contributed by atoms with E-state index in [0.717, 1.165) is 45.6 Å². The lowest BCUT2D eigenvalue weighted by Crippen LogP contribution is -2.46. The molecule has 0 aromatic carbocycles. The van der Waals surface area contributed by atoms with Gasteiger partial charge in [-0.15, -0.1) is 0 Å². The van der Waals surface area contributed by atoms with E-state index >= 15 is 0 Å². The third kappa shape index (κ3) is 3.74. The molecule has 2 N–H and O–H groups in total. The van der Waals surface area contributed by atoms with E-state index in [4.69, 9.17) is 5.73 Å². The molecule has 1 rings (SSSR count). The van der Waals surface area contributed by atoms with E-state index in [1.165, 1.54) is 0 Å². The van der Waals surface area contributed by atoms with E-state index in [2.05, 4.69) is 4.90 Å². The van der Waals surface area contributed by atoms with Crippen LogP contribution in [-0.2, 0) is 4.79 Å². The van der Waals surface area contributed by atoms with Gasteiger partial charge in [0.05, 0.1) is 0 Å². The highest BCUT2D eigenvalue weighted by Gasteiger charge is 2.14. The van der Waals surface area contributed by atoms with Gasteiger partial charge in [-0.05, 0) is 19.9 Å². The SMILES string of the molecule is CC(N)CCN1CCN(C=O)CC1. The maximum Gasteiger partial charge on any atom is 0.209 e. The lowest BCUT2D eigenvalue weighted by Gasteiger charge is -2.32. The third-order valence-corrected chi connectivity index (χ3v) is 2.46. The van der Waals surface area contributed by atoms with Crippen molar-refractivity contribution < 1.29 is 4.79 Å². The molecule has 76 valence electrons. The van der Waals surface area contributed by atoms with Crippen molar-refractivity contribution in [2.45, 2.75) is 19.4 Å². The van der Waals surface area contributed by atoms with Crippen LogP contribution in [0.25, 0.3) is 0 Å². The largest absolute Gasteiger partial charge is 0.343 e. The highest BCUT2D eigenvalue weighted by molar-refractivity contribution is 5.47. The molecule has 0 radical (unpaired) electrons. The maximum atomic E-state index is 10.4. The predicted molar refractivity (Wildman–Crippen MR) is 52.3 cm³/mol. The molecule has 0 spiro atoms. The normalized spacial score (nSPS) is 21.5. The molecule has 1 atom stereocenters. The van der Waals surface area contributed by atoms with Crippen molar-refractivity contribution in [3.63, 3.8) is 0 Å². The van der Waals surface area contributed by atoms with E-state index in [-0.39, 0.29) is 6.04 Å². The van der Waals surface area contributed by atoms with Crippen LogP contribution < -0.4 is 5.73 Å². The van der Waals surface area contributed by atoms with E-state index in [0.29, 0.717) is 0 Å². The average Bonchev–Trinajstić information content (AvgIpc) is 2.15. The summed E-state index contributed by atoms with van der Waals surface area (Å²) in [6.07, 6.45) is 1.98. The fraction of sp³-hybridized carbons (Fsp3) is 0.889. The van der Waals surface area contributed by atoms with Crippen molar-refractivity contribution in [3.8, 4) is 0 Å². The molecule has 0 bridgehead atoms. The van der Waals surface area contributed by atoms with Crippen LogP contribution in [0.1, 0.15) is 13.3 Å². The topological polar surface area (TPSA) is 49.6 Å². The Hall–Kier alpha value is -0.610. The number of nitrogens with zero attached hydrogens (tertiary/aromatic N) is 2. The number of nitrogens with two attached hydrogens (primary N) is 1. The number of hydrogen-bond donors (Lipinski definition) is 1. The number of hydrogen-bond acceptors (Lipinski definition) is 3. The average molecular weight is 185 g/mol. The van der Waals surface area contributed by atoms with Gasteiger partial charge in [-0.3, -0.25) is 9.69 Å². The highest BCUT2D eigenvalue weighted by atomic mass is 16.1. The van der Waals surface area contributed by atoms with E-state index < -0.39 is 0 Å². The fourth-order valence-electron chi connectivity index (χ4n) is 1.48. The van der Waals surface area contributed by atoms with Gasteiger partial charge in [0.15, 0.2) is 0 Å². The van der Waals surface area contributed by atoms with Crippen LogP contribution in [0.2, 0.25) is 0 Å². The van der Waals surface area contributed by atoms with Gasteiger partial charge in [0.1, 0.15) is 0 Å². The van der Waals surface area contributed by atoms with Gasteiger partial charge < -0.3 is 10.6 Å². The van der Waals surface area contributed by atoms with Crippen LogP contribution in [0.5, 0.6) is 0 Å². The summed E-state index contributed by atoms with van der Waals surface area (Å²) in [5.74, 6) is 0. The molecule has 1 fully saturated rings. The Morgan fingerprint density at radius 1 is 1.38 bits per heavy atom. The zero-order chi connectivity index (χ0) is 9.68. The minimum atomic E-state index is 0.282. The highest BCUT2D eigenvalue weighted by Crippen LogP contribution is 2.00. The molecule has 0 saturated carbocycles. The van der Waals surface area contributed by atoms with Gasteiger partial charge >= 0.3 is 0 Å². The summed E-state index contributed by atoms with van der Waals surface area (Å²) in [6, 6.07) is 0.282. The Balaban J connectivity index is 2.14. The van der Waals surface area contributed by atoms with Gasteiger partial charge in [0.25, 0.3) is 0 Å². The van der Waals surface area contributed by atoms with Crippen LogP contribution in [0.4, 0.5) is 0 Å². The zero-order valence-electron chi connectivity index (χ0n) is 8.28. The summed E-state index contributed by atoms with van der Waals surface area (Å²) in [4.78, 5) is 14.6. The fourth-order valence-corrected chi connectivity index (χ4v) is 1.48. The summed E-state index contributed by atoms with van der Waals surface area (Å²) < 4.78 is 0. The molecule has 4 nitrogen and oxygen atoms in total. The second-order valence-corrected chi connectivity index (χ2v) is 3.75. The Labute approximate surface area is 79.7 Å². The lowest BCUT2D eigenvalue weighted by molar-refractivity contribution is -0.119. The molecule has 1 heterocycles. The van der Waals surface area contributed by atoms with E-state index in [1.54, 1.807) is 0 Å². The number of rotatable bonds is 4. The molecule has 13 heavy (non-hydrogen) atoms. The first-order valence-electron chi connectivity index (χ1n) is 4.89. The minimum absolute atomic E-state index is 0.282. The Morgan fingerprint density at radius 2 is 2.00 bits per heavy atom. The van der Waals surface area contributed by atoms with Gasteiger partial charge in [-0.25, -0.2) is 0 Å². The smallest absolute Gasteiger partial charge is 0.209 e. The lowest BCUT2D eigenvalue weighted by atomic mass is 10.2. The molecule has 0 aromatic heterocycles. The quantitative estimate of drug-likeness (QED) is 0.601. The Morgan fingerprint density at radius 3 is 2.46 bits per heavy atom. The van der Waals surface area contributed by atoms with Crippen molar-refractivity contribution in [1.82, 2.24) is 9.80 Å². The molecule has 1 unspecified atom stereocenters. The van der Waals surface area contributed by atoms with E-state index in [9.17, 15) is 4.79 Å². The maximum absolute atomic E-state index is 10.4. The number of carbonyl (C=O) groups is 1. The Bertz CT molecular complexity index is 153. The summed E-state index contributed by atoms with van der Waals surface area (Å²) >= 11 is 0. The van der Waals surface area contributed by atoms with Crippen LogP contribution in [0, 0.1) is 0 Å². The van der Waals surface area contributed by atoms with Gasteiger partial charge in [0, 0.05) is 32.2 Å². The van der Waals surface area contributed by atoms with Crippen LogP contribution >= 0.6 is 0 Å². The third-order valence-electron chi connectivity index (χ3n) is 2.46. The molecule has 0 aromatic rings. The monoisotopic (exact) mass is 185 g/mol. The summed E-state index contributed by atoms with van der Waals surface area (Å²) in [6.45, 7) is 6.80. The van der Waals surface area contributed by atoms with Crippen LogP contribution in [0.3, 0.4) is 0 Å². The van der Waals surface area contributed by atoms with Crippen molar-refractivity contribution in [3.05, 3.63) is 0 Å². The number of carbonyl (C=O) groups excluding carboxylic acids is 1. The second-order valence-electron chi connectivity index (χ2n) is 3.75. The van der Waals surface area contributed by atoms with Crippen molar-refractivity contribution in [1.29, 1.82) is 0 Å². The first-order chi connectivity index (χ1) is 6.22. The minimum Gasteiger partial charge on any atom is -0.343 e. The number of amides is 1. The van der Waals surface area contributed by atoms with Gasteiger partial charge in [-0.2, -0.15) is 0 Å². The first kappa shape index (κ1) is 10.5. The molecule has 1 saturated heterocycles. The van der Waals surface area contributed by atoms with Crippen LogP contribution in [-0.4, -0.2) is 55.0 Å². The molecule has 1 amide bonds. The second kappa shape index (κ2) is 5.19. The predicted octanol–water partition coefficient (Wildman–Crippen LogP) is -0.502. The number of piperazine rings is 1. The van der Waals surface area contributed by atoms with Crippen molar-refractivity contribution >= 4 is 6.41 Å². The standard InChI is InChI=1S/C9H19N3O/c1-9(10)2-3-11-4-6-12(8-13)7-5-11/h8-9H,2-7,10H2,1H3.